The molecule has 0 unspecified atom stereocenters. The van der Waals surface area contributed by atoms with Gasteiger partial charge in [0.1, 0.15) is 30.1 Å². The summed E-state index contributed by atoms with van der Waals surface area (Å²) >= 11 is 0. The summed E-state index contributed by atoms with van der Waals surface area (Å²) in [5.74, 6) is 1.06. The largest absolute Gasteiger partial charge is 0.476 e. The molecule has 4 heterocycles. The maximum atomic E-state index is 12.6. The van der Waals surface area contributed by atoms with E-state index >= 15 is 0 Å². The molecule has 168 valence electrons. The lowest BCUT2D eigenvalue weighted by molar-refractivity contribution is 0.0943. The van der Waals surface area contributed by atoms with Gasteiger partial charge in [0.05, 0.1) is 19.4 Å². The number of aromatic amines is 1. The van der Waals surface area contributed by atoms with Gasteiger partial charge in [0.15, 0.2) is 0 Å². The predicted molar refractivity (Wildman–Crippen MR) is 115 cm³/mol. The standard InChI is InChI=1S/C21H24N6O5/c28-19(16-12-23-21(30)27(20(16)29)13-15-5-4-9-31-15)22-6-10-32-18-11-17(24-14-25-18)26-7-2-1-3-8-26/h4-5,9,11-12,14H,1-3,6-8,10,13H2,(H,22,28)(H,23,30). The van der Waals surface area contributed by atoms with Crippen LogP contribution < -0.4 is 26.2 Å². The number of aromatic nitrogens is 4. The summed E-state index contributed by atoms with van der Waals surface area (Å²) in [5.41, 5.74) is -1.50. The Morgan fingerprint density at radius 2 is 2.06 bits per heavy atom. The average molecular weight is 440 g/mol. The Morgan fingerprint density at radius 3 is 2.84 bits per heavy atom. The lowest BCUT2D eigenvalue weighted by atomic mass is 10.1. The summed E-state index contributed by atoms with van der Waals surface area (Å²) in [6.07, 6.45) is 7.51. The van der Waals surface area contributed by atoms with Crippen LogP contribution in [-0.2, 0) is 6.54 Å². The molecule has 11 heteroatoms. The molecule has 3 aromatic heterocycles. The minimum atomic E-state index is -0.703. The zero-order valence-electron chi connectivity index (χ0n) is 17.5. The van der Waals surface area contributed by atoms with Crippen LogP contribution >= 0.6 is 0 Å². The molecule has 0 saturated carbocycles. The molecule has 1 amide bonds. The number of ether oxygens (including phenoxy) is 1. The lowest BCUT2D eigenvalue weighted by Gasteiger charge is -2.27. The van der Waals surface area contributed by atoms with Crippen molar-refractivity contribution >= 4 is 11.7 Å². The first kappa shape index (κ1) is 21.3. The quantitative estimate of drug-likeness (QED) is 0.490. The number of piperidine rings is 1. The fraction of sp³-hybridized carbons (Fsp3) is 0.381. The minimum absolute atomic E-state index is 0.0710. The van der Waals surface area contributed by atoms with Gasteiger partial charge in [0.2, 0.25) is 5.88 Å². The van der Waals surface area contributed by atoms with Gasteiger partial charge >= 0.3 is 5.69 Å². The van der Waals surface area contributed by atoms with E-state index in [4.69, 9.17) is 9.15 Å². The van der Waals surface area contributed by atoms with Gasteiger partial charge in [0.25, 0.3) is 11.5 Å². The summed E-state index contributed by atoms with van der Waals surface area (Å²) in [7, 11) is 0. The maximum absolute atomic E-state index is 12.6. The van der Waals surface area contributed by atoms with Gasteiger partial charge in [0, 0.05) is 25.4 Å². The van der Waals surface area contributed by atoms with Crippen molar-refractivity contribution in [1.29, 1.82) is 0 Å². The molecule has 1 fully saturated rings. The van der Waals surface area contributed by atoms with Gasteiger partial charge in [-0.3, -0.25) is 14.2 Å². The molecule has 1 aliphatic heterocycles. The first-order valence-electron chi connectivity index (χ1n) is 10.4. The van der Waals surface area contributed by atoms with Crippen molar-refractivity contribution < 1.29 is 13.9 Å². The van der Waals surface area contributed by atoms with E-state index in [1.807, 2.05) is 0 Å². The number of rotatable bonds is 8. The SMILES string of the molecule is O=C(NCCOc1cc(N2CCCCC2)ncn1)c1c[nH]c(=O)n(Cc2ccco2)c1=O. The smallest absolute Gasteiger partial charge is 0.328 e. The number of nitrogens with zero attached hydrogens (tertiary/aromatic N) is 4. The normalized spacial score (nSPS) is 13.7. The average Bonchev–Trinajstić information content (AvgIpc) is 3.33. The van der Waals surface area contributed by atoms with Crippen LogP contribution in [0.25, 0.3) is 0 Å². The number of hydrogen-bond donors (Lipinski definition) is 2. The van der Waals surface area contributed by atoms with E-state index in [9.17, 15) is 14.4 Å². The number of furan rings is 1. The van der Waals surface area contributed by atoms with Crippen LogP contribution in [0, 0.1) is 0 Å². The monoisotopic (exact) mass is 440 g/mol. The van der Waals surface area contributed by atoms with Crippen molar-refractivity contribution in [3.8, 4) is 5.88 Å². The Kier molecular flexibility index (Phi) is 6.63. The number of carbonyl (C=O) groups excluding carboxylic acids is 1. The molecule has 0 radical (unpaired) electrons. The second kappa shape index (κ2) is 9.94. The van der Waals surface area contributed by atoms with Crippen molar-refractivity contribution in [2.45, 2.75) is 25.8 Å². The Hall–Kier alpha value is -3.89. The van der Waals surface area contributed by atoms with Gasteiger partial charge in [-0.2, -0.15) is 0 Å². The minimum Gasteiger partial charge on any atom is -0.476 e. The molecule has 2 N–H and O–H groups in total. The van der Waals surface area contributed by atoms with Crippen LogP contribution in [-0.4, -0.2) is 51.7 Å². The van der Waals surface area contributed by atoms with Crippen LogP contribution in [0.1, 0.15) is 35.4 Å². The van der Waals surface area contributed by atoms with Crippen molar-refractivity contribution in [3.05, 3.63) is 69.1 Å². The molecule has 0 aliphatic carbocycles. The molecule has 32 heavy (non-hydrogen) atoms. The number of anilines is 1. The highest BCUT2D eigenvalue weighted by molar-refractivity contribution is 5.93. The van der Waals surface area contributed by atoms with Crippen LogP contribution in [0.2, 0.25) is 0 Å². The number of nitrogens with one attached hydrogen (secondary N) is 2. The molecule has 11 nitrogen and oxygen atoms in total. The third-order valence-corrected chi connectivity index (χ3v) is 5.14. The highest BCUT2D eigenvalue weighted by atomic mass is 16.5. The van der Waals surface area contributed by atoms with Crippen LogP contribution in [0.5, 0.6) is 5.88 Å². The summed E-state index contributed by atoms with van der Waals surface area (Å²) in [5, 5.41) is 2.62. The zero-order chi connectivity index (χ0) is 22.3. The molecule has 0 bridgehead atoms. The summed E-state index contributed by atoms with van der Waals surface area (Å²) in [6.45, 7) is 2.16. The van der Waals surface area contributed by atoms with Crippen molar-refractivity contribution in [2.75, 3.05) is 31.1 Å². The van der Waals surface area contributed by atoms with Crippen LogP contribution in [0.4, 0.5) is 5.82 Å². The Bertz CT molecular complexity index is 1160. The third-order valence-electron chi connectivity index (χ3n) is 5.14. The molecule has 0 atom stereocenters. The third kappa shape index (κ3) is 5.05. The molecular formula is C21H24N6O5. The van der Waals surface area contributed by atoms with Gasteiger partial charge in [-0.25, -0.2) is 14.8 Å². The fourth-order valence-electron chi connectivity index (χ4n) is 3.50. The van der Waals surface area contributed by atoms with Gasteiger partial charge in [-0.05, 0) is 31.4 Å². The van der Waals surface area contributed by atoms with E-state index in [1.54, 1.807) is 18.2 Å². The topological polar surface area (TPSA) is 135 Å². The molecule has 1 saturated heterocycles. The Balaban J connectivity index is 1.33. The molecule has 0 spiro atoms. The molecule has 1 aliphatic rings. The molecular weight excluding hydrogens is 416 g/mol. The number of carbonyl (C=O) groups is 1. The van der Waals surface area contributed by atoms with E-state index in [0.717, 1.165) is 42.5 Å². The first-order chi connectivity index (χ1) is 15.6. The summed E-state index contributed by atoms with van der Waals surface area (Å²) < 4.78 is 11.7. The van der Waals surface area contributed by atoms with E-state index in [1.165, 1.54) is 19.0 Å². The van der Waals surface area contributed by atoms with Gasteiger partial charge in [-0.15, -0.1) is 0 Å². The Morgan fingerprint density at radius 1 is 1.22 bits per heavy atom. The molecule has 4 rings (SSSR count). The maximum Gasteiger partial charge on any atom is 0.328 e. The van der Waals surface area contributed by atoms with E-state index in [-0.39, 0.29) is 25.3 Å². The summed E-state index contributed by atoms with van der Waals surface area (Å²) in [4.78, 5) is 50.0. The van der Waals surface area contributed by atoms with E-state index in [2.05, 4.69) is 25.2 Å². The van der Waals surface area contributed by atoms with Crippen molar-refractivity contribution in [2.24, 2.45) is 0 Å². The highest BCUT2D eigenvalue weighted by Crippen LogP contribution is 2.19. The van der Waals surface area contributed by atoms with Gasteiger partial charge in [-0.1, -0.05) is 0 Å². The predicted octanol–water partition coefficient (Wildman–Crippen LogP) is 0.767. The fourth-order valence-corrected chi connectivity index (χ4v) is 3.50. The second-order valence-electron chi connectivity index (χ2n) is 7.34. The van der Waals surface area contributed by atoms with Crippen molar-refractivity contribution in [3.63, 3.8) is 0 Å². The lowest BCUT2D eigenvalue weighted by Crippen LogP contribution is -2.41. The van der Waals surface area contributed by atoms with Crippen LogP contribution in [0.3, 0.4) is 0 Å². The van der Waals surface area contributed by atoms with Crippen LogP contribution in [0.15, 0.2) is 51.0 Å². The van der Waals surface area contributed by atoms with Gasteiger partial charge < -0.3 is 24.4 Å². The van der Waals surface area contributed by atoms with Crippen molar-refractivity contribution in [1.82, 2.24) is 24.8 Å². The second-order valence-corrected chi connectivity index (χ2v) is 7.34. The zero-order valence-corrected chi connectivity index (χ0v) is 17.5. The summed E-state index contributed by atoms with van der Waals surface area (Å²) in [6, 6.07) is 5.07. The molecule has 3 aromatic rings. The first-order valence-corrected chi connectivity index (χ1v) is 10.4. The number of H-pyrrole nitrogens is 1. The van der Waals surface area contributed by atoms with E-state index in [0.29, 0.717) is 11.6 Å². The van der Waals surface area contributed by atoms with E-state index < -0.39 is 17.2 Å². The number of hydrogen-bond acceptors (Lipinski definition) is 8. The number of amides is 1. The molecule has 0 aromatic carbocycles. The Labute approximate surface area is 183 Å². The highest BCUT2D eigenvalue weighted by Gasteiger charge is 2.16.